The second kappa shape index (κ2) is 3.91. The lowest BCUT2D eigenvalue weighted by molar-refractivity contribution is -0.146. The molecule has 0 bridgehead atoms. The van der Waals surface area contributed by atoms with Crippen molar-refractivity contribution < 1.29 is 9.47 Å². The van der Waals surface area contributed by atoms with Crippen molar-refractivity contribution in [1.82, 2.24) is 0 Å². The molecule has 0 aromatic heterocycles. The minimum atomic E-state index is -0.382. The highest BCUT2D eigenvalue weighted by atomic mass is 16.7. The molecule has 2 aliphatic rings. The minimum Gasteiger partial charge on any atom is -0.348 e. The van der Waals surface area contributed by atoms with E-state index in [4.69, 9.17) is 9.47 Å². The highest BCUT2D eigenvalue weighted by Gasteiger charge is 2.42. The van der Waals surface area contributed by atoms with Gasteiger partial charge in [-0.25, -0.2) is 0 Å². The second-order valence-corrected chi connectivity index (χ2v) is 5.36. The van der Waals surface area contributed by atoms with Crippen molar-refractivity contribution >= 4 is 0 Å². The second-order valence-electron chi connectivity index (χ2n) is 5.36. The fourth-order valence-corrected chi connectivity index (χ4v) is 2.91. The Kier molecular flexibility index (Phi) is 2.91. The molecule has 0 radical (unpaired) electrons. The quantitative estimate of drug-likeness (QED) is 0.652. The zero-order valence-electron chi connectivity index (χ0n) is 10.1. The first-order chi connectivity index (χ1) is 7.02. The van der Waals surface area contributed by atoms with Crippen LogP contribution in [0.15, 0.2) is 12.2 Å². The van der Waals surface area contributed by atoms with E-state index in [2.05, 4.69) is 13.5 Å². The Morgan fingerprint density at radius 2 is 2.13 bits per heavy atom. The van der Waals surface area contributed by atoms with Crippen LogP contribution in [0.4, 0.5) is 0 Å². The molecule has 2 fully saturated rings. The van der Waals surface area contributed by atoms with Crippen LogP contribution in [-0.4, -0.2) is 18.5 Å². The highest BCUT2D eigenvalue weighted by Crippen LogP contribution is 2.42. The first-order valence-electron chi connectivity index (χ1n) is 6.00. The maximum absolute atomic E-state index is 5.95. The fourth-order valence-electron chi connectivity index (χ4n) is 2.91. The van der Waals surface area contributed by atoms with Gasteiger partial charge in [0.15, 0.2) is 5.79 Å². The third kappa shape index (κ3) is 2.26. The Balaban J connectivity index is 2.02. The van der Waals surface area contributed by atoms with Crippen LogP contribution in [0.2, 0.25) is 0 Å². The van der Waals surface area contributed by atoms with Gasteiger partial charge in [0, 0.05) is 0 Å². The van der Waals surface area contributed by atoms with Crippen LogP contribution < -0.4 is 0 Å². The summed E-state index contributed by atoms with van der Waals surface area (Å²) in [6.07, 6.45) is 3.82. The lowest BCUT2D eigenvalue weighted by Gasteiger charge is -2.24. The molecule has 0 spiro atoms. The molecule has 86 valence electrons. The van der Waals surface area contributed by atoms with Crippen molar-refractivity contribution in [3.8, 4) is 0 Å². The van der Waals surface area contributed by atoms with Crippen LogP contribution >= 0.6 is 0 Å². The summed E-state index contributed by atoms with van der Waals surface area (Å²) in [6, 6.07) is 0. The SMILES string of the molecule is C=C1C[C@@H](CC)[C@H](C2COC(C)(C)O2)C1. The molecule has 3 atom stereocenters. The zero-order chi connectivity index (χ0) is 11.1. The maximum atomic E-state index is 5.95. The number of hydrogen-bond donors (Lipinski definition) is 0. The zero-order valence-corrected chi connectivity index (χ0v) is 10.1. The Labute approximate surface area is 92.6 Å². The minimum absolute atomic E-state index is 0.282. The largest absolute Gasteiger partial charge is 0.348 e. The molecule has 1 saturated carbocycles. The van der Waals surface area contributed by atoms with Gasteiger partial charge in [0.2, 0.25) is 0 Å². The molecule has 15 heavy (non-hydrogen) atoms. The normalized spacial score (nSPS) is 39.9. The monoisotopic (exact) mass is 210 g/mol. The molecular formula is C13H22O2. The van der Waals surface area contributed by atoms with Gasteiger partial charge in [0.25, 0.3) is 0 Å². The lowest BCUT2D eigenvalue weighted by atomic mass is 9.89. The van der Waals surface area contributed by atoms with Gasteiger partial charge in [-0.15, -0.1) is 0 Å². The molecule has 2 heteroatoms. The first kappa shape index (κ1) is 11.2. The van der Waals surface area contributed by atoms with E-state index in [1.807, 2.05) is 13.8 Å². The molecule has 0 amide bonds. The molecular weight excluding hydrogens is 188 g/mol. The Morgan fingerprint density at radius 1 is 1.40 bits per heavy atom. The van der Waals surface area contributed by atoms with E-state index in [1.165, 1.54) is 18.4 Å². The summed E-state index contributed by atoms with van der Waals surface area (Å²) < 4.78 is 11.6. The van der Waals surface area contributed by atoms with Crippen molar-refractivity contribution in [1.29, 1.82) is 0 Å². The Bertz CT molecular complexity index is 257. The molecule has 2 rings (SSSR count). The van der Waals surface area contributed by atoms with E-state index < -0.39 is 0 Å². The summed E-state index contributed by atoms with van der Waals surface area (Å²) in [5.41, 5.74) is 1.39. The van der Waals surface area contributed by atoms with Crippen LogP contribution in [0.3, 0.4) is 0 Å². The van der Waals surface area contributed by atoms with Crippen molar-refractivity contribution in [2.24, 2.45) is 11.8 Å². The average molecular weight is 210 g/mol. The van der Waals surface area contributed by atoms with Gasteiger partial charge in [-0.05, 0) is 38.5 Å². The van der Waals surface area contributed by atoms with Crippen molar-refractivity contribution in [3.05, 3.63) is 12.2 Å². The van der Waals surface area contributed by atoms with Crippen LogP contribution in [0, 0.1) is 11.8 Å². The van der Waals surface area contributed by atoms with Gasteiger partial charge in [-0.1, -0.05) is 25.5 Å². The van der Waals surface area contributed by atoms with E-state index in [1.54, 1.807) is 0 Å². The Morgan fingerprint density at radius 3 is 2.67 bits per heavy atom. The summed E-state index contributed by atoms with van der Waals surface area (Å²) >= 11 is 0. The van der Waals surface area contributed by atoms with Gasteiger partial charge in [0.1, 0.15) is 0 Å². The van der Waals surface area contributed by atoms with Crippen molar-refractivity contribution in [2.75, 3.05) is 6.61 Å². The predicted molar refractivity (Wildman–Crippen MR) is 60.5 cm³/mol. The van der Waals surface area contributed by atoms with Crippen LogP contribution in [0.5, 0.6) is 0 Å². The van der Waals surface area contributed by atoms with Gasteiger partial charge < -0.3 is 9.47 Å². The number of ether oxygens (including phenoxy) is 2. The van der Waals surface area contributed by atoms with Crippen LogP contribution in [-0.2, 0) is 9.47 Å². The van der Waals surface area contributed by atoms with Gasteiger partial charge in [-0.2, -0.15) is 0 Å². The van der Waals surface area contributed by atoms with Crippen molar-refractivity contribution in [2.45, 2.75) is 51.9 Å². The first-order valence-corrected chi connectivity index (χ1v) is 6.00. The smallest absolute Gasteiger partial charge is 0.163 e. The van der Waals surface area contributed by atoms with Gasteiger partial charge in [0.05, 0.1) is 12.7 Å². The topological polar surface area (TPSA) is 18.5 Å². The molecule has 1 heterocycles. The summed E-state index contributed by atoms with van der Waals surface area (Å²) in [6.45, 7) is 11.1. The third-order valence-electron chi connectivity index (χ3n) is 3.71. The predicted octanol–water partition coefficient (Wildman–Crippen LogP) is 3.13. The Hall–Kier alpha value is -0.340. The molecule has 0 N–H and O–H groups in total. The summed E-state index contributed by atoms with van der Waals surface area (Å²) in [5.74, 6) is 0.997. The van der Waals surface area contributed by atoms with Gasteiger partial charge in [-0.3, -0.25) is 0 Å². The van der Waals surface area contributed by atoms with Crippen LogP contribution in [0.1, 0.15) is 40.0 Å². The number of allylic oxidation sites excluding steroid dienone is 1. The van der Waals surface area contributed by atoms with Gasteiger partial charge >= 0.3 is 0 Å². The average Bonchev–Trinajstić information content (AvgIpc) is 2.68. The molecule has 1 unspecified atom stereocenters. The number of hydrogen-bond acceptors (Lipinski definition) is 2. The van der Waals surface area contributed by atoms with E-state index in [-0.39, 0.29) is 11.9 Å². The van der Waals surface area contributed by atoms with E-state index in [9.17, 15) is 0 Å². The van der Waals surface area contributed by atoms with Crippen LogP contribution in [0.25, 0.3) is 0 Å². The molecule has 1 saturated heterocycles. The van der Waals surface area contributed by atoms with E-state index >= 15 is 0 Å². The molecule has 1 aliphatic carbocycles. The summed E-state index contributed by atoms with van der Waals surface area (Å²) in [5, 5.41) is 0. The molecule has 0 aromatic rings. The molecule has 1 aliphatic heterocycles. The maximum Gasteiger partial charge on any atom is 0.163 e. The number of rotatable bonds is 2. The summed E-state index contributed by atoms with van der Waals surface area (Å²) in [7, 11) is 0. The standard InChI is InChI=1S/C13H22O2/c1-5-10-6-9(2)7-11(10)12-8-14-13(3,4)15-12/h10-12H,2,5-8H2,1,3-4H3/t10-,11-,12?/m1/s1. The molecule has 0 aromatic carbocycles. The molecule has 2 nitrogen and oxygen atoms in total. The highest BCUT2D eigenvalue weighted by molar-refractivity contribution is 5.07. The van der Waals surface area contributed by atoms with Crippen molar-refractivity contribution in [3.63, 3.8) is 0 Å². The fraction of sp³-hybridized carbons (Fsp3) is 0.846. The third-order valence-corrected chi connectivity index (χ3v) is 3.71. The van der Waals surface area contributed by atoms with E-state index in [0.29, 0.717) is 5.92 Å². The summed E-state index contributed by atoms with van der Waals surface area (Å²) in [4.78, 5) is 0. The van der Waals surface area contributed by atoms with E-state index in [0.717, 1.165) is 18.9 Å². The lowest BCUT2D eigenvalue weighted by Crippen LogP contribution is -2.28.